The lowest BCUT2D eigenvalue weighted by molar-refractivity contribution is -0.135. The molecule has 0 atom stereocenters. The van der Waals surface area contributed by atoms with E-state index >= 15 is 0 Å². The van der Waals surface area contributed by atoms with Crippen molar-refractivity contribution >= 4 is 40.7 Å². The Hall–Kier alpha value is -1.26. The van der Waals surface area contributed by atoms with E-state index in [4.69, 9.17) is 23.2 Å². The normalized spacial score (nSPS) is 16.2. The first-order valence-corrected chi connectivity index (χ1v) is 7.49. The Morgan fingerprint density at radius 3 is 2.19 bits per heavy atom. The molecule has 1 aliphatic carbocycles. The molecule has 6 heteroatoms. The Labute approximate surface area is 134 Å². The molecule has 0 radical (unpaired) electrons. The number of anilines is 1. The fraction of sp³-hybridized carbons (Fsp3) is 0.467. The van der Waals surface area contributed by atoms with Crippen LogP contribution in [0.3, 0.4) is 0 Å². The molecular formula is C15H18Cl2N2O2. The summed E-state index contributed by atoms with van der Waals surface area (Å²) < 4.78 is 0. The summed E-state index contributed by atoms with van der Waals surface area (Å²) in [5.74, 6) is -0.532. The van der Waals surface area contributed by atoms with Gasteiger partial charge >= 0.3 is 0 Å². The second kappa shape index (κ2) is 5.50. The minimum atomic E-state index is -0.959. The molecule has 4 nitrogen and oxygen atoms in total. The van der Waals surface area contributed by atoms with E-state index in [0.717, 1.165) is 0 Å². The highest BCUT2D eigenvalue weighted by atomic mass is 35.5. The van der Waals surface area contributed by atoms with E-state index < -0.39 is 5.41 Å². The molecule has 114 valence electrons. The van der Waals surface area contributed by atoms with Gasteiger partial charge in [-0.05, 0) is 51.8 Å². The summed E-state index contributed by atoms with van der Waals surface area (Å²) in [7, 11) is 0. The first-order valence-electron chi connectivity index (χ1n) is 6.73. The number of carbonyl (C=O) groups excluding carboxylic acids is 2. The van der Waals surface area contributed by atoms with Crippen LogP contribution in [0.2, 0.25) is 10.0 Å². The Morgan fingerprint density at radius 1 is 1.10 bits per heavy atom. The average molecular weight is 329 g/mol. The zero-order valence-corrected chi connectivity index (χ0v) is 13.7. The number of hydrogen-bond acceptors (Lipinski definition) is 2. The first kappa shape index (κ1) is 16.1. The van der Waals surface area contributed by atoms with Crippen molar-refractivity contribution < 1.29 is 9.59 Å². The fourth-order valence-corrected chi connectivity index (χ4v) is 2.27. The van der Waals surface area contributed by atoms with Crippen molar-refractivity contribution in [2.24, 2.45) is 5.41 Å². The smallest absolute Gasteiger partial charge is 0.240 e. The second-order valence-electron chi connectivity index (χ2n) is 6.37. The van der Waals surface area contributed by atoms with Crippen LogP contribution < -0.4 is 10.6 Å². The Bertz CT molecular complexity index is 590. The summed E-state index contributed by atoms with van der Waals surface area (Å²) in [4.78, 5) is 24.6. The molecule has 2 N–H and O–H groups in total. The molecule has 0 aliphatic heterocycles. The molecule has 1 fully saturated rings. The molecule has 0 heterocycles. The molecule has 0 saturated heterocycles. The van der Waals surface area contributed by atoms with Gasteiger partial charge in [0.25, 0.3) is 0 Å². The molecule has 0 unspecified atom stereocenters. The van der Waals surface area contributed by atoms with E-state index in [1.54, 1.807) is 18.2 Å². The highest BCUT2D eigenvalue weighted by Gasteiger charge is 2.57. The van der Waals surface area contributed by atoms with E-state index in [0.29, 0.717) is 28.6 Å². The molecule has 0 aromatic heterocycles. The van der Waals surface area contributed by atoms with Crippen LogP contribution in [0, 0.1) is 5.41 Å². The second-order valence-corrected chi connectivity index (χ2v) is 7.18. The standard InChI is InChI=1S/C15H18Cl2N2O2/c1-14(2,3)19-13(21)15(6-7-15)12(20)18-9-4-5-10(16)11(17)8-9/h4-5,8H,6-7H2,1-3H3,(H,18,20)(H,19,21). The fourth-order valence-electron chi connectivity index (χ4n) is 1.97. The molecule has 1 aromatic rings. The SMILES string of the molecule is CC(C)(C)NC(=O)C1(C(=O)Nc2ccc(Cl)c(Cl)c2)CC1. The van der Waals surface area contributed by atoms with Crippen molar-refractivity contribution in [3.63, 3.8) is 0 Å². The minimum absolute atomic E-state index is 0.229. The lowest BCUT2D eigenvalue weighted by atomic mass is 10.0. The summed E-state index contributed by atoms with van der Waals surface area (Å²) in [6, 6.07) is 4.83. The highest BCUT2D eigenvalue weighted by molar-refractivity contribution is 6.42. The van der Waals surface area contributed by atoms with Gasteiger partial charge in [-0.25, -0.2) is 0 Å². The molecule has 1 saturated carbocycles. The van der Waals surface area contributed by atoms with Crippen LogP contribution in [-0.4, -0.2) is 17.4 Å². The van der Waals surface area contributed by atoms with E-state index in [-0.39, 0.29) is 17.4 Å². The van der Waals surface area contributed by atoms with Crippen LogP contribution in [0.5, 0.6) is 0 Å². The van der Waals surface area contributed by atoms with E-state index in [2.05, 4.69) is 10.6 Å². The highest BCUT2D eigenvalue weighted by Crippen LogP contribution is 2.47. The van der Waals surface area contributed by atoms with Crippen molar-refractivity contribution in [1.82, 2.24) is 5.32 Å². The molecule has 2 rings (SSSR count). The lowest BCUT2D eigenvalue weighted by Crippen LogP contribution is -2.48. The number of carbonyl (C=O) groups is 2. The summed E-state index contributed by atoms with van der Waals surface area (Å²) >= 11 is 11.7. The molecule has 21 heavy (non-hydrogen) atoms. The summed E-state index contributed by atoms with van der Waals surface area (Å²) in [5.41, 5.74) is -0.792. The van der Waals surface area contributed by atoms with Crippen molar-refractivity contribution in [1.29, 1.82) is 0 Å². The number of amides is 2. The monoisotopic (exact) mass is 328 g/mol. The molecular weight excluding hydrogens is 311 g/mol. The summed E-state index contributed by atoms with van der Waals surface area (Å²) in [5, 5.41) is 6.38. The third kappa shape index (κ3) is 3.69. The van der Waals surface area contributed by atoms with Gasteiger partial charge in [0.15, 0.2) is 0 Å². The number of nitrogens with one attached hydrogen (secondary N) is 2. The van der Waals surface area contributed by atoms with Gasteiger partial charge in [0, 0.05) is 11.2 Å². The van der Waals surface area contributed by atoms with Crippen LogP contribution >= 0.6 is 23.2 Å². The number of halogens is 2. The molecule has 1 aromatic carbocycles. The van der Waals surface area contributed by atoms with E-state index in [9.17, 15) is 9.59 Å². The van der Waals surface area contributed by atoms with Gasteiger partial charge < -0.3 is 10.6 Å². The zero-order chi connectivity index (χ0) is 15.8. The molecule has 0 bridgehead atoms. The largest absolute Gasteiger partial charge is 0.351 e. The topological polar surface area (TPSA) is 58.2 Å². The van der Waals surface area contributed by atoms with Crippen LogP contribution in [0.25, 0.3) is 0 Å². The molecule has 2 amide bonds. The van der Waals surface area contributed by atoms with Crippen LogP contribution in [0.4, 0.5) is 5.69 Å². The summed E-state index contributed by atoms with van der Waals surface area (Å²) in [6.45, 7) is 5.66. The minimum Gasteiger partial charge on any atom is -0.351 e. The quantitative estimate of drug-likeness (QED) is 0.832. The third-order valence-electron chi connectivity index (χ3n) is 3.29. The van der Waals surface area contributed by atoms with Crippen molar-refractivity contribution in [3.8, 4) is 0 Å². The first-order chi connectivity index (χ1) is 9.64. The van der Waals surface area contributed by atoms with E-state index in [1.807, 2.05) is 20.8 Å². The predicted octanol–water partition coefficient (Wildman–Crippen LogP) is 3.63. The van der Waals surface area contributed by atoms with Gasteiger partial charge in [0.2, 0.25) is 11.8 Å². The summed E-state index contributed by atoms with van der Waals surface area (Å²) in [6.07, 6.45) is 1.12. The Morgan fingerprint density at radius 2 is 1.71 bits per heavy atom. The third-order valence-corrected chi connectivity index (χ3v) is 4.02. The average Bonchev–Trinajstić information content (AvgIpc) is 3.13. The van der Waals surface area contributed by atoms with Crippen LogP contribution in [0.15, 0.2) is 18.2 Å². The van der Waals surface area contributed by atoms with Crippen molar-refractivity contribution in [2.45, 2.75) is 39.2 Å². The molecule has 1 aliphatic rings. The van der Waals surface area contributed by atoms with Crippen molar-refractivity contribution in [3.05, 3.63) is 28.2 Å². The zero-order valence-electron chi connectivity index (χ0n) is 12.2. The maximum atomic E-state index is 12.4. The van der Waals surface area contributed by atoms with Gasteiger partial charge in [0.05, 0.1) is 10.0 Å². The van der Waals surface area contributed by atoms with Gasteiger partial charge in [-0.15, -0.1) is 0 Å². The van der Waals surface area contributed by atoms with Gasteiger partial charge in [-0.1, -0.05) is 23.2 Å². The Balaban J connectivity index is 2.09. The maximum absolute atomic E-state index is 12.4. The van der Waals surface area contributed by atoms with Crippen LogP contribution in [-0.2, 0) is 9.59 Å². The van der Waals surface area contributed by atoms with Crippen LogP contribution in [0.1, 0.15) is 33.6 Å². The number of rotatable bonds is 3. The molecule has 0 spiro atoms. The number of benzene rings is 1. The van der Waals surface area contributed by atoms with Gasteiger partial charge in [-0.2, -0.15) is 0 Å². The lowest BCUT2D eigenvalue weighted by Gasteiger charge is -2.24. The van der Waals surface area contributed by atoms with Gasteiger partial charge in [0.1, 0.15) is 5.41 Å². The van der Waals surface area contributed by atoms with Gasteiger partial charge in [-0.3, -0.25) is 9.59 Å². The van der Waals surface area contributed by atoms with Crippen molar-refractivity contribution in [2.75, 3.05) is 5.32 Å². The Kier molecular flexibility index (Phi) is 4.22. The number of hydrogen-bond donors (Lipinski definition) is 2. The van der Waals surface area contributed by atoms with E-state index in [1.165, 1.54) is 0 Å². The maximum Gasteiger partial charge on any atom is 0.240 e. The predicted molar refractivity (Wildman–Crippen MR) is 84.7 cm³/mol.